The Labute approximate surface area is 296 Å². The Morgan fingerprint density at radius 3 is 1.58 bits per heavy atom. The van der Waals surface area contributed by atoms with Crippen LogP contribution in [0, 0.1) is 10.1 Å². The van der Waals surface area contributed by atoms with Gasteiger partial charge in [-0.3, -0.25) is 19.7 Å². The number of amides is 2. The molecular formula is C36H32Cl2N8O4. The molecule has 0 bridgehead atoms. The van der Waals surface area contributed by atoms with Gasteiger partial charge < -0.3 is 16.4 Å². The van der Waals surface area contributed by atoms with E-state index in [2.05, 4.69) is 20.8 Å². The molecule has 0 radical (unpaired) electrons. The molecule has 254 valence electrons. The number of hydrogen-bond donors (Lipinski definition) is 3. The van der Waals surface area contributed by atoms with Crippen LogP contribution >= 0.6 is 23.2 Å². The lowest BCUT2D eigenvalue weighted by Gasteiger charge is -2.07. The van der Waals surface area contributed by atoms with E-state index < -0.39 is 0 Å². The molecule has 2 saturated carbocycles. The highest BCUT2D eigenvalue weighted by Crippen LogP contribution is 2.46. The maximum atomic E-state index is 12.5. The second kappa shape index (κ2) is 13.1. The molecular weight excluding hydrogens is 679 g/mol. The Morgan fingerprint density at radius 2 is 1.16 bits per heavy atom. The van der Waals surface area contributed by atoms with Gasteiger partial charge in [0.05, 0.1) is 21.8 Å². The van der Waals surface area contributed by atoms with Gasteiger partial charge in [-0.2, -0.15) is 10.2 Å². The predicted molar refractivity (Wildman–Crippen MR) is 194 cm³/mol. The van der Waals surface area contributed by atoms with E-state index in [1.54, 1.807) is 61.2 Å². The zero-order valence-electron chi connectivity index (χ0n) is 27.1. The lowest BCUT2D eigenvalue weighted by atomic mass is 10.0. The van der Waals surface area contributed by atoms with Gasteiger partial charge in [-0.05, 0) is 110 Å². The van der Waals surface area contributed by atoms with E-state index >= 15 is 0 Å². The number of rotatable bonds is 7. The Bertz CT molecular complexity index is 2310. The third-order valence-electron chi connectivity index (χ3n) is 8.95. The summed E-state index contributed by atoms with van der Waals surface area (Å²) in [5.74, 6) is 0.194. The van der Waals surface area contributed by atoms with Gasteiger partial charge >= 0.3 is 0 Å². The zero-order valence-corrected chi connectivity index (χ0v) is 28.6. The first-order chi connectivity index (χ1) is 24.1. The number of carbonyl (C=O) groups excluding carboxylic acids is 2. The molecule has 4 N–H and O–H groups in total. The van der Waals surface area contributed by atoms with Crippen molar-refractivity contribution in [1.29, 1.82) is 0 Å². The smallest absolute Gasteiger partial charge is 0.275 e. The molecule has 0 unspecified atom stereocenters. The average Bonchev–Trinajstić information content (AvgIpc) is 4.06. The molecule has 12 nitrogen and oxygen atoms in total. The second-order valence-corrected chi connectivity index (χ2v) is 13.2. The standard InChI is InChI=1S/C18H15ClN4O3.C18H17ClN4O/c1-20-18(24)17-14-8-13(10-2-3-10)16(23(25)26)9-15(14)21-22(17)12-6-4-11(19)5-7-12;1-21-18(24)17-14-8-13(10-2-3-10)15(20)9-16(14)22-23(17)12-6-4-11(19)5-7-12/h4-10H,2-3H2,1H3,(H,20,24);4-10H,2-3,20H2,1H3,(H,21,24). The fourth-order valence-corrected chi connectivity index (χ4v) is 6.39. The number of fused-ring (bicyclic) bond motifs is 2. The number of hydrogen-bond acceptors (Lipinski definition) is 7. The first kappa shape index (κ1) is 33.1. The SMILES string of the molecule is CNC(=O)c1c2cc(C3CC3)c(N)cc2nn1-c1ccc(Cl)cc1.CNC(=O)c1c2cc(C3CC3)c([N+](=O)[O-])cc2nn1-c1ccc(Cl)cc1. The summed E-state index contributed by atoms with van der Waals surface area (Å²) in [6.45, 7) is 0. The fourth-order valence-electron chi connectivity index (χ4n) is 6.14. The number of nitrogen functional groups attached to an aromatic ring is 1. The van der Waals surface area contributed by atoms with E-state index in [0.717, 1.165) is 48.0 Å². The Balaban J connectivity index is 0.000000157. The molecule has 14 heteroatoms. The number of halogens is 2. The van der Waals surface area contributed by atoms with Gasteiger partial charge in [-0.15, -0.1) is 0 Å². The van der Waals surface area contributed by atoms with Gasteiger partial charge in [-0.25, -0.2) is 9.36 Å². The van der Waals surface area contributed by atoms with Crippen molar-refractivity contribution in [3.63, 3.8) is 0 Å². The van der Waals surface area contributed by atoms with Gasteiger partial charge in [-0.1, -0.05) is 23.2 Å². The molecule has 2 fully saturated rings. The first-order valence-corrected chi connectivity index (χ1v) is 16.8. The van der Waals surface area contributed by atoms with E-state index in [0.29, 0.717) is 55.0 Å². The largest absolute Gasteiger partial charge is 0.398 e. The quantitative estimate of drug-likeness (QED) is 0.0888. The van der Waals surface area contributed by atoms with E-state index in [9.17, 15) is 19.7 Å². The van der Waals surface area contributed by atoms with Gasteiger partial charge in [0.2, 0.25) is 0 Å². The Morgan fingerprint density at radius 1 is 0.740 bits per heavy atom. The van der Waals surface area contributed by atoms with Crippen LogP contribution in [0.4, 0.5) is 11.4 Å². The summed E-state index contributed by atoms with van der Waals surface area (Å²) in [6, 6.07) is 21.2. The van der Waals surface area contributed by atoms with Crippen LogP contribution in [0.5, 0.6) is 0 Å². The predicted octanol–water partition coefficient (Wildman–Crippen LogP) is 7.32. The summed E-state index contributed by atoms with van der Waals surface area (Å²) in [4.78, 5) is 36.1. The number of nitrogens with zero attached hydrogens (tertiary/aromatic N) is 5. The molecule has 2 amide bonds. The van der Waals surface area contributed by atoms with Crippen LogP contribution in [0.1, 0.15) is 69.6 Å². The lowest BCUT2D eigenvalue weighted by molar-refractivity contribution is -0.385. The summed E-state index contributed by atoms with van der Waals surface area (Å²) >= 11 is 11.9. The molecule has 2 aliphatic carbocycles. The normalized spacial score (nSPS) is 13.9. The molecule has 2 heterocycles. The molecule has 8 rings (SSSR count). The minimum Gasteiger partial charge on any atom is -0.398 e. The Hall–Kier alpha value is -5.46. The van der Waals surface area contributed by atoms with Crippen LogP contribution in [-0.2, 0) is 0 Å². The van der Waals surface area contributed by atoms with Crippen molar-refractivity contribution in [2.24, 2.45) is 0 Å². The van der Waals surface area contributed by atoms with Crippen molar-refractivity contribution < 1.29 is 14.5 Å². The monoisotopic (exact) mass is 710 g/mol. The highest BCUT2D eigenvalue weighted by Gasteiger charge is 2.33. The molecule has 0 spiro atoms. The molecule has 6 aromatic rings. The third-order valence-corrected chi connectivity index (χ3v) is 9.46. The number of aromatic nitrogens is 4. The van der Waals surface area contributed by atoms with E-state index in [1.807, 2.05) is 24.3 Å². The van der Waals surface area contributed by atoms with E-state index in [1.165, 1.54) is 10.7 Å². The lowest BCUT2D eigenvalue weighted by Crippen LogP contribution is -2.21. The Kier molecular flexibility index (Phi) is 8.66. The average molecular weight is 712 g/mol. The van der Waals surface area contributed by atoms with Crippen LogP contribution < -0.4 is 16.4 Å². The van der Waals surface area contributed by atoms with Crippen molar-refractivity contribution in [3.05, 3.63) is 115 Å². The van der Waals surface area contributed by atoms with E-state index in [4.69, 9.17) is 28.9 Å². The van der Waals surface area contributed by atoms with Crippen molar-refractivity contribution in [2.45, 2.75) is 37.5 Å². The van der Waals surface area contributed by atoms with Gasteiger partial charge in [0.1, 0.15) is 16.9 Å². The molecule has 2 aliphatic rings. The zero-order chi connectivity index (χ0) is 35.3. The summed E-state index contributed by atoms with van der Waals surface area (Å²) < 4.78 is 3.15. The molecule has 2 aromatic heterocycles. The van der Waals surface area contributed by atoms with Crippen molar-refractivity contribution in [2.75, 3.05) is 19.8 Å². The fraction of sp³-hybridized carbons (Fsp3) is 0.222. The summed E-state index contributed by atoms with van der Waals surface area (Å²) in [5, 5.41) is 28.5. The number of nitrogens with one attached hydrogen (secondary N) is 2. The van der Waals surface area contributed by atoms with E-state index in [-0.39, 0.29) is 28.3 Å². The number of anilines is 1. The van der Waals surface area contributed by atoms with Gasteiger partial charge in [0, 0.05) is 52.2 Å². The second-order valence-electron chi connectivity index (χ2n) is 12.4. The molecule has 0 aliphatic heterocycles. The highest BCUT2D eigenvalue weighted by atomic mass is 35.5. The highest BCUT2D eigenvalue weighted by molar-refractivity contribution is 6.30. The molecule has 4 aromatic carbocycles. The summed E-state index contributed by atoms with van der Waals surface area (Å²) in [6.07, 6.45) is 4.15. The van der Waals surface area contributed by atoms with Crippen LogP contribution in [0.2, 0.25) is 10.0 Å². The van der Waals surface area contributed by atoms with Crippen LogP contribution in [0.3, 0.4) is 0 Å². The summed E-state index contributed by atoms with van der Waals surface area (Å²) in [7, 11) is 3.16. The maximum Gasteiger partial charge on any atom is 0.275 e. The molecule has 0 atom stereocenters. The van der Waals surface area contributed by atoms with Crippen molar-refractivity contribution in [1.82, 2.24) is 30.2 Å². The van der Waals surface area contributed by atoms with Gasteiger partial charge in [0.25, 0.3) is 17.5 Å². The van der Waals surface area contributed by atoms with Gasteiger partial charge in [0.15, 0.2) is 0 Å². The number of nitro benzene ring substituents is 1. The number of benzene rings is 4. The number of carbonyl (C=O) groups is 2. The van der Waals surface area contributed by atoms with Crippen LogP contribution in [-0.4, -0.2) is 50.4 Å². The van der Waals surface area contributed by atoms with Crippen LogP contribution in [0.15, 0.2) is 72.8 Å². The van der Waals surface area contributed by atoms with Crippen molar-refractivity contribution in [3.8, 4) is 11.4 Å². The number of nitrogens with two attached hydrogens (primary N) is 1. The topological polar surface area (TPSA) is 163 Å². The molecule has 0 saturated heterocycles. The number of nitro groups is 1. The minimum atomic E-state index is -0.381. The summed E-state index contributed by atoms with van der Waals surface area (Å²) in [5.41, 5.74) is 12.2. The third kappa shape index (κ3) is 6.23. The maximum absolute atomic E-state index is 12.5. The van der Waals surface area contributed by atoms with Crippen LogP contribution in [0.25, 0.3) is 33.2 Å². The first-order valence-electron chi connectivity index (χ1n) is 16.1. The minimum absolute atomic E-state index is 0.0595. The molecule has 50 heavy (non-hydrogen) atoms. The van der Waals surface area contributed by atoms with Crippen molar-refractivity contribution >= 4 is 68.2 Å².